The number of hydrogen-bond donors (Lipinski definition) is 2. The minimum atomic E-state index is -0.00778. The summed E-state index contributed by atoms with van der Waals surface area (Å²) >= 11 is 5.89. The summed E-state index contributed by atoms with van der Waals surface area (Å²) in [5.41, 5.74) is 8.39. The Balaban J connectivity index is 1.46. The highest BCUT2D eigenvalue weighted by Gasteiger charge is 2.41. The zero-order valence-electron chi connectivity index (χ0n) is 21.1. The lowest BCUT2D eigenvalue weighted by atomic mass is 9.96. The molecule has 5 nitrogen and oxygen atoms in total. The maximum atomic E-state index is 5.89. The molecule has 0 spiro atoms. The molecule has 36 heavy (non-hydrogen) atoms. The maximum absolute atomic E-state index is 5.89. The molecule has 6 heteroatoms. The zero-order valence-corrected chi connectivity index (χ0v) is 21.9. The average Bonchev–Trinajstić information content (AvgIpc) is 3.38. The molecule has 0 bridgehead atoms. The zero-order chi connectivity index (χ0) is 25.1. The Morgan fingerprint density at radius 1 is 0.944 bits per heavy atom. The van der Waals surface area contributed by atoms with Crippen LogP contribution in [0.5, 0.6) is 0 Å². The quantitative estimate of drug-likeness (QED) is 0.223. The number of aromatic nitrogens is 2. The van der Waals surface area contributed by atoms with E-state index < -0.39 is 0 Å². The lowest BCUT2D eigenvalue weighted by molar-refractivity contribution is 0.315. The molecule has 3 heterocycles. The predicted octanol–water partition coefficient (Wildman–Crippen LogP) is 6.27. The number of pyridine rings is 1. The van der Waals surface area contributed by atoms with Gasteiger partial charge in [0.1, 0.15) is 0 Å². The van der Waals surface area contributed by atoms with Crippen molar-refractivity contribution in [2.75, 3.05) is 18.4 Å². The van der Waals surface area contributed by atoms with E-state index in [2.05, 4.69) is 102 Å². The fourth-order valence-electron chi connectivity index (χ4n) is 5.30. The van der Waals surface area contributed by atoms with Crippen molar-refractivity contribution in [1.29, 1.82) is 0 Å². The topological polar surface area (TPSA) is 45.1 Å². The maximum Gasteiger partial charge on any atom is 0.170 e. The molecule has 1 saturated heterocycles. The Bertz CT molecular complexity index is 1330. The van der Waals surface area contributed by atoms with Crippen LogP contribution in [0.2, 0.25) is 0 Å². The van der Waals surface area contributed by atoms with Gasteiger partial charge < -0.3 is 20.1 Å². The van der Waals surface area contributed by atoms with Crippen LogP contribution in [0.4, 0.5) is 5.69 Å². The second-order valence-corrected chi connectivity index (χ2v) is 9.80. The summed E-state index contributed by atoms with van der Waals surface area (Å²) in [4.78, 5) is 7.06. The summed E-state index contributed by atoms with van der Waals surface area (Å²) in [5, 5.41) is 7.91. The van der Waals surface area contributed by atoms with Gasteiger partial charge in [-0.15, -0.1) is 0 Å². The number of hydrogen-bond acceptors (Lipinski definition) is 3. The van der Waals surface area contributed by atoms with Gasteiger partial charge in [0.25, 0.3) is 0 Å². The first kappa shape index (κ1) is 24.1. The monoisotopic (exact) mass is 495 g/mol. The molecule has 0 unspecified atom stereocenters. The average molecular weight is 496 g/mol. The first-order chi connectivity index (χ1) is 17.5. The van der Waals surface area contributed by atoms with Crippen LogP contribution >= 0.6 is 12.2 Å². The van der Waals surface area contributed by atoms with Crippen LogP contribution in [0.3, 0.4) is 0 Å². The van der Waals surface area contributed by atoms with Gasteiger partial charge in [-0.3, -0.25) is 4.98 Å². The molecule has 2 aromatic carbocycles. The third-order valence-electron chi connectivity index (χ3n) is 7.02. The van der Waals surface area contributed by atoms with Gasteiger partial charge >= 0.3 is 0 Å². The number of nitrogens with zero attached hydrogens (tertiary/aromatic N) is 3. The summed E-state index contributed by atoms with van der Waals surface area (Å²) in [6.07, 6.45) is 2.83. The van der Waals surface area contributed by atoms with Crippen molar-refractivity contribution < 1.29 is 0 Å². The summed E-state index contributed by atoms with van der Waals surface area (Å²) < 4.78 is 2.37. The lowest BCUT2D eigenvalue weighted by Gasteiger charge is -2.28. The van der Waals surface area contributed by atoms with Crippen molar-refractivity contribution in [3.8, 4) is 5.69 Å². The molecule has 5 rings (SSSR count). The van der Waals surface area contributed by atoms with Crippen LogP contribution in [-0.4, -0.2) is 32.7 Å². The van der Waals surface area contributed by atoms with Crippen LogP contribution < -0.4 is 10.6 Å². The van der Waals surface area contributed by atoms with Gasteiger partial charge in [-0.25, -0.2) is 0 Å². The largest absolute Gasteiger partial charge is 0.385 e. The SMILES string of the molecule is Cc1ccccc1-n1c(C)cc([C@H]2[C@@H](c3ccccn3)NC(=S)N2CCCNc2ccccc2)c1C. The molecule has 2 atom stereocenters. The van der Waals surface area contributed by atoms with E-state index in [1.165, 1.54) is 28.2 Å². The number of thiocarbonyl (C=S) groups is 1. The fourth-order valence-corrected chi connectivity index (χ4v) is 5.63. The number of benzene rings is 2. The van der Waals surface area contributed by atoms with Crippen molar-refractivity contribution in [1.82, 2.24) is 19.8 Å². The third-order valence-corrected chi connectivity index (χ3v) is 7.37. The number of nitrogens with one attached hydrogen (secondary N) is 2. The molecule has 184 valence electrons. The van der Waals surface area contributed by atoms with E-state index in [-0.39, 0.29) is 12.1 Å². The number of aryl methyl sites for hydroxylation is 2. The summed E-state index contributed by atoms with van der Waals surface area (Å²) in [7, 11) is 0. The third kappa shape index (κ3) is 4.73. The van der Waals surface area contributed by atoms with Crippen molar-refractivity contribution in [2.45, 2.75) is 39.3 Å². The minimum absolute atomic E-state index is 0.00778. The molecule has 0 amide bonds. The van der Waals surface area contributed by atoms with Gasteiger partial charge in [0.05, 0.1) is 17.8 Å². The molecule has 0 saturated carbocycles. The predicted molar refractivity (Wildman–Crippen MR) is 152 cm³/mol. The first-order valence-electron chi connectivity index (χ1n) is 12.6. The Kier molecular flexibility index (Phi) is 7.05. The molecular formula is C30H33N5S. The summed E-state index contributed by atoms with van der Waals surface area (Å²) in [6, 6.07) is 27.4. The summed E-state index contributed by atoms with van der Waals surface area (Å²) in [6.45, 7) is 8.32. The van der Waals surface area contributed by atoms with Crippen molar-refractivity contribution in [3.05, 3.63) is 113 Å². The van der Waals surface area contributed by atoms with Crippen LogP contribution in [0.15, 0.2) is 85.1 Å². The smallest absolute Gasteiger partial charge is 0.170 e. The molecule has 1 fully saturated rings. The first-order valence-corrected chi connectivity index (χ1v) is 13.0. The molecule has 1 aliphatic rings. The molecule has 4 aromatic rings. The number of anilines is 1. The van der Waals surface area contributed by atoms with E-state index in [4.69, 9.17) is 17.2 Å². The Labute approximate surface area is 219 Å². The summed E-state index contributed by atoms with van der Waals surface area (Å²) in [5.74, 6) is 0. The number of rotatable bonds is 8. The van der Waals surface area contributed by atoms with Crippen LogP contribution in [0.1, 0.15) is 46.7 Å². The van der Waals surface area contributed by atoms with Crippen LogP contribution in [-0.2, 0) is 0 Å². The van der Waals surface area contributed by atoms with Crippen LogP contribution in [0.25, 0.3) is 5.69 Å². The van der Waals surface area contributed by atoms with Crippen molar-refractivity contribution >= 4 is 23.0 Å². The molecule has 0 aliphatic carbocycles. The van der Waals surface area contributed by atoms with Gasteiger partial charge in [0.15, 0.2) is 5.11 Å². The van der Waals surface area contributed by atoms with E-state index in [1.54, 1.807) is 0 Å². The molecular weight excluding hydrogens is 462 g/mol. The highest BCUT2D eigenvalue weighted by molar-refractivity contribution is 7.80. The fraction of sp³-hybridized carbons (Fsp3) is 0.267. The van der Waals surface area contributed by atoms with Gasteiger partial charge in [-0.2, -0.15) is 0 Å². The van der Waals surface area contributed by atoms with E-state index in [0.717, 1.165) is 36.0 Å². The lowest BCUT2D eigenvalue weighted by Crippen LogP contribution is -2.31. The van der Waals surface area contributed by atoms with Gasteiger partial charge in [0, 0.05) is 42.0 Å². The van der Waals surface area contributed by atoms with E-state index in [0.29, 0.717) is 0 Å². The number of para-hydroxylation sites is 2. The van der Waals surface area contributed by atoms with Gasteiger partial charge in [-0.1, -0.05) is 42.5 Å². The van der Waals surface area contributed by atoms with Crippen molar-refractivity contribution in [2.24, 2.45) is 0 Å². The van der Waals surface area contributed by atoms with Crippen LogP contribution in [0, 0.1) is 20.8 Å². The molecule has 0 radical (unpaired) electrons. The molecule has 2 aromatic heterocycles. The second kappa shape index (κ2) is 10.5. The van der Waals surface area contributed by atoms with Crippen molar-refractivity contribution in [3.63, 3.8) is 0 Å². The Morgan fingerprint density at radius 3 is 2.44 bits per heavy atom. The normalized spacial score (nSPS) is 17.3. The molecule has 2 N–H and O–H groups in total. The Morgan fingerprint density at radius 2 is 1.69 bits per heavy atom. The highest BCUT2D eigenvalue weighted by atomic mass is 32.1. The van der Waals surface area contributed by atoms with E-state index in [9.17, 15) is 0 Å². The van der Waals surface area contributed by atoms with E-state index in [1.807, 2.05) is 24.4 Å². The standard InChI is InChI=1S/C30H33N5S/c1-21-12-7-8-16-27(21)35-22(2)20-25(23(35)3)29-28(26-15-9-10-17-32-26)33-30(36)34(29)19-11-18-31-24-13-5-4-6-14-24/h4-10,12-17,20,28-29,31H,11,18-19H2,1-3H3,(H,33,36)/t28-,29+/m1/s1. The van der Waals surface area contributed by atoms with E-state index >= 15 is 0 Å². The second-order valence-electron chi connectivity index (χ2n) is 9.41. The van der Waals surface area contributed by atoms with Gasteiger partial charge in [0.2, 0.25) is 0 Å². The Hall–Kier alpha value is -3.64. The van der Waals surface area contributed by atoms with Gasteiger partial charge in [-0.05, 0) is 86.9 Å². The minimum Gasteiger partial charge on any atom is -0.385 e. The highest BCUT2D eigenvalue weighted by Crippen LogP contribution is 2.41. The molecule has 1 aliphatic heterocycles.